The minimum atomic E-state index is 0.392. The van der Waals surface area contributed by atoms with Crippen LogP contribution in [0.4, 0.5) is 0 Å². The number of hydrogen-bond donors (Lipinski definition) is 0. The summed E-state index contributed by atoms with van der Waals surface area (Å²) >= 11 is 6.14. The lowest BCUT2D eigenvalue weighted by Gasteiger charge is -2.23. The minimum absolute atomic E-state index is 0.392. The van der Waals surface area contributed by atoms with Crippen LogP contribution in [0.25, 0.3) is 11.0 Å². The summed E-state index contributed by atoms with van der Waals surface area (Å²) in [6.07, 6.45) is 3.69. The summed E-state index contributed by atoms with van der Waals surface area (Å²) < 4.78 is 2.30. The number of rotatable bonds is 2. The molecule has 0 saturated carbocycles. The van der Waals surface area contributed by atoms with E-state index in [0.717, 1.165) is 29.8 Å². The van der Waals surface area contributed by atoms with Crippen molar-refractivity contribution in [2.75, 3.05) is 13.1 Å². The van der Waals surface area contributed by atoms with Crippen molar-refractivity contribution in [3.8, 4) is 6.07 Å². The Labute approximate surface area is 128 Å². The average Bonchev–Trinajstić information content (AvgIpc) is 3.19. The molecule has 4 nitrogen and oxygen atoms in total. The maximum absolute atomic E-state index is 9.28. The van der Waals surface area contributed by atoms with Gasteiger partial charge in [0.1, 0.15) is 17.4 Å². The highest BCUT2D eigenvalue weighted by molar-refractivity contribution is 6.16. The van der Waals surface area contributed by atoms with Crippen LogP contribution >= 0.6 is 11.6 Å². The zero-order valence-electron chi connectivity index (χ0n) is 11.8. The number of alkyl halides is 1. The van der Waals surface area contributed by atoms with Gasteiger partial charge >= 0.3 is 0 Å². The normalized spacial score (nSPS) is 25.3. The molecule has 4 rings (SSSR count). The van der Waals surface area contributed by atoms with E-state index in [1.807, 2.05) is 12.1 Å². The van der Waals surface area contributed by atoms with Crippen molar-refractivity contribution in [1.29, 1.82) is 5.26 Å². The van der Waals surface area contributed by atoms with Crippen molar-refractivity contribution in [2.45, 2.75) is 37.2 Å². The molecule has 0 aliphatic carbocycles. The fourth-order valence-electron chi connectivity index (χ4n) is 4.08. The Balaban J connectivity index is 1.90. The Hall–Kier alpha value is -1.57. The highest BCUT2D eigenvalue weighted by Crippen LogP contribution is 2.39. The fourth-order valence-corrected chi connectivity index (χ4v) is 4.27. The second kappa shape index (κ2) is 5.01. The molecule has 21 heavy (non-hydrogen) atoms. The van der Waals surface area contributed by atoms with Crippen molar-refractivity contribution in [3.05, 3.63) is 29.6 Å². The van der Waals surface area contributed by atoms with Crippen LogP contribution in [0.1, 0.15) is 36.7 Å². The Bertz CT molecular complexity index is 730. The highest BCUT2D eigenvalue weighted by Gasteiger charge is 2.39. The Morgan fingerprint density at radius 3 is 3.00 bits per heavy atom. The van der Waals surface area contributed by atoms with Crippen molar-refractivity contribution >= 4 is 22.6 Å². The zero-order valence-corrected chi connectivity index (χ0v) is 12.6. The smallest absolute Gasteiger partial charge is 0.125 e. The van der Waals surface area contributed by atoms with E-state index in [2.05, 4.69) is 26.6 Å². The summed E-state index contributed by atoms with van der Waals surface area (Å²) in [7, 11) is 0. The maximum atomic E-state index is 9.28. The number of imidazole rings is 1. The first-order valence-electron chi connectivity index (χ1n) is 7.53. The van der Waals surface area contributed by atoms with Crippen molar-refractivity contribution in [1.82, 2.24) is 14.5 Å². The Morgan fingerprint density at radius 1 is 1.29 bits per heavy atom. The van der Waals surface area contributed by atoms with E-state index in [9.17, 15) is 5.26 Å². The van der Waals surface area contributed by atoms with E-state index < -0.39 is 0 Å². The third-order valence-electron chi connectivity index (χ3n) is 4.94. The van der Waals surface area contributed by atoms with Gasteiger partial charge in [0.25, 0.3) is 0 Å². The number of nitriles is 1. The molecular weight excluding hydrogens is 284 g/mol. The summed E-state index contributed by atoms with van der Waals surface area (Å²) in [6, 6.07) is 9.13. The molecule has 0 radical (unpaired) electrons. The van der Waals surface area contributed by atoms with E-state index in [0.29, 0.717) is 23.5 Å². The quantitative estimate of drug-likeness (QED) is 0.801. The molecule has 2 fully saturated rings. The van der Waals surface area contributed by atoms with E-state index in [1.165, 1.54) is 19.4 Å². The van der Waals surface area contributed by atoms with E-state index >= 15 is 0 Å². The molecule has 2 atom stereocenters. The summed E-state index contributed by atoms with van der Waals surface area (Å²) in [6.45, 7) is 2.38. The van der Waals surface area contributed by atoms with Gasteiger partial charge in [0.05, 0.1) is 23.0 Å². The SMILES string of the molecule is N#Cc1cccc2c1nc(CCl)n2C1CCN2CCCC12. The molecule has 2 aliphatic rings. The largest absolute Gasteiger partial charge is 0.322 e. The molecule has 2 aliphatic heterocycles. The summed E-state index contributed by atoms with van der Waals surface area (Å²) in [5.74, 6) is 1.29. The lowest BCUT2D eigenvalue weighted by Crippen LogP contribution is -2.28. The third-order valence-corrected chi connectivity index (χ3v) is 5.17. The lowest BCUT2D eigenvalue weighted by atomic mass is 10.1. The van der Waals surface area contributed by atoms with Gasteiger partial charge in [0, 0.05) is 12.6 Å². The van der Waals surface area contributed by atoms with Gasteiger partial charge in [-0.3, -0.25) is 4.90 Å². The molecule has 0 bridgehead atoms. The lowest BCUT2D eigenvalue weighted by molar-refractivity contribution is 0.290. The monoisotopic (exact) mass is 300 g/mol. The highest BCUT2D eigenvalue weighted by atomic mass is 35.5. The van der Waals surface area contributed by atoms with Crippen LogP contribution in [-0.2, 0) is 5.88 Å². The standard InChI is InChI=1S/C16H17ClN4/c17-9-15-19-16-11(10-18)3-1-4-14(16)21(15)13-6-8-20-7-2-5-12(13)20/h1,3-4,12-13H,2,5-9H2. The van der Waals surface area contributed by atoms with Crippen molar-refractivity contribution < 1.29 is 0 Å². The Kier molecular flexibility index (Phi) is 3.13. The van der Waals surface area contributed by atoms with Crippen LogP contribution in [-0.4, -0.2) is 33.6 Å². The number of aromatic nitrogens is 2. The zero-order chi connectivity index (χ0) is 14.4. The molecule has 108 valence electrons. The first-order chi connectivity index (χ1) is 10.3. The van der Waals surface area contributed by atoms with Gasteiger partial charge in [-0.25, -0.2) is 4.98 Å². The van der Waals surface area contributed by atoms with Crippen LogP contribution in [0, 0.1) is 11.3 Å². The predicted molar refractivity (Wildman–Crippen MR) is 82.3 cm³/mol. The van der Waals surface area contributed by atoms with Crippen LogP contribution in [0.3, 0.4) is 0 Å². The van der Waals surface area contributed by atoms with Gasteiger partial charge in [-0.1, -0.05) is 6.07 Å². The van der Waals surface area contributed by atoms with E-state index in [1.54, 1.807) is 0 Å². The van der Waals surface area contributed by atoms with Gasteiger partial charge in [0.15, 0.2) is 0 Å². The molecule has 1 aromatic carbocycles. The van der Waals surface area contributed by atoms with Gasteiger partial charge in [-0.2, -0.15) is 5.26 Å². The fraction of sp³-hybridized carbons (Fsp3) is 0.500. The summed E-state index contributed by atoms with van der Waals surface area (Å²) in [5.41, 5.74) is 2.49. The van der Waals surface area contributed by atoms with Crippen LogP contribution in [0.15, 0.2) is 18.2 Å². The topological polar surface area (TPSA) is 44.9 Å². The first-order valence-corrected chi connectivity index (χ1v) is 8.07. The van der Waals surface area contributed by atoms with Crippen molar-refractivity contribution in [2.24, 2.45) is 0 Å². The Morgan fingerprint density at radius 2 is 2.19 bits per heavy atom. The van der Waals surface area contributed by atoms with E-state index in [4.69, 9.17) is 11.6 Å². The van der Waals surface area contributed by atoms with Crippen molar-refractivity contribution in [3.63, 3.8) is 0 Å². The second-order valence-corrected chi connectivity index (χ2v) is 6.19. The molecule has 0 spiro atoms. The van der Waals surface area contributed by atoms with Gasteiger partial charge < -0.3 is 4.57 Å². The molecule has 0 N–H and O–H groups in total. The minimum Gasteiger partial charge on any atom is -0.322 e. The molecule has 5 heteroatoms. The van der Waals surface area contributed by atoms with Crippen LogP contribution < -0.4 is 0 Å². The van der Waals surface area contributed by atoms with E-state index in [-0.39, 0.29) is 0 Å². The average molecular weight is 301 g/mol. The second-order valence-electron chi connectivity index (χ2n) is 5.92. The summed E-state index contributed by atoms with van der Waals surface area (Å²) in [5, 5.41) is 9.28. The van der Waals surface area contributed by atoms with Crippen LogP contribution in [0.2, 0.25) is 0 Å². The number of fused-ring (bicyclic) bond motifs is 2. The first kappa shape index (κ1) is 13.1. The third kappa shape index (κ3) is 1.88. The predicted octanol–water partition coefficient (Wildman–Crippen LogP) is 3.06. The molecule has 2 unspecified atom stereocenters. The molecule has 3 heterocycles. The maximum Gasteiger partial charge on any atom is 0.125 e. The molecule has 2 aromatic rings. The number of hydrogen-bond acceptors (Lipinski definition) is 3. The number of halogens is 1. The molecular formula is C16H17ClN4. The summed E-state index contributed by atoms with van der Waals surface area (Å²) in [4.78, 5) is 7.24. The van der Waals surface area contributed by atoms with Crippen LogP contribution in [0.5, 0.6) is 0 Å². The van der Waals surface area contributed by atoms with Gasteiger partial charge in [0.2, 0.25) is 0 Å². The molecule has 2 saturated heterocycles. The molecule has 1 aromatic heterocycles. The number of nitrogens with zero attached hydrogens (tertiary/aromatic N) is 4. The number of benzene rings is 1. The number of para-hydroxylation sites is 1. The molecule has 0 amide bonds. The van der Waals surface area contributed by atoms with Gasteiger partial charge in [-0.05, 0) is 37.9 Å². The van der Waals surface area contributed by atoms with Gasteiger partial charge in [-0.15, -0.1) is 11.6 Å².